The average molecular weight is 338 g/mol. The van der Waals surface area contributed by atoms with Crippen LogP contribution in [0.5, 0.6) is 0 Å². The van der Waals surface area contributed by atoms with Crippen molar-refractivity contribution in [3.05, 3.63) is 34.9 Å². The van der Waals surface area contributed by atoms with Gasteiger partial charge in [0.15, 0.2) is 0 Å². The second kappa shape index (κ2) is 8.34. The van der Waals surface area contributed by atoms with E-state index in [1.54, 1.807) is 0 Å². The molecule has 126 valence electrons. The van der Waals surface area contributed by atoms with Gasteiger partial charge in [-0.2, -0.15) is 0 Å². The number of carbonyl (C=O) groups is 2. The third kappa shape index (κ3) is 5.87. The van der Waals surface area contributed by atoms with Gasteiger partial charge in [0.2, 0.25) is 5.91 Å². The van der Waals surface area contributed by atoms with Gasteiger partial charge in [0, 0.05) is 17.5 Å². The largest absolute Gasteiger partial charge is 0.481 e. The summed E-state index contributed by atoms with van der Waals surface area (Å²) in [4.78, 5) is 23.1. The highest BCUT2D eigenvalue weighted by Gasteiger charge is 2.26. The van der Waals surface area contributed by atoms with Gasteiger partial charge in [-0.05, 0) is 55.7 Å². The van der Waals surface area contributed by atoms with Gasteiger partial charge in [-0.15, -0.1) is 0 Å². The molecular weight excluding hydrogens is 314 g/mol. The predicted molar refractivity (Wildman–Crippen MR) is 90.5 cm³/mol. The van der Waals surface area contributed by atoms with Gasteiger partial charge in [0.1, 0.15) is 0 Å². The fourth-order valence-corrected chi connectivity index (χ4v) is 3.31. The minimum Gasteiger partial charge on any atom is -0.481 e. The van der Waals surface area contributed by atoms with E-state index in [1.807, 2.05) is 24.3 Å². The number of carboxylic acids is 1. The molecule has 1 fully saturated rings. The molecule has 2 rings (SSSR count). The second-order valence-corrected chi connectivity index (χ2v) is 7.03. The van der Waals surface area contributed by atoms with E-state index in [1.165, 1.54) is 5.56 Å². The lowest BCUT2D eigenvalue weighted by atomic mass is 9.86. The number of nitrogens with one attached hydrogen (secondary N) is 1. The Bertz CT molecular complexity index is 536. The number of aliphatic carboxylic acids is 1. The first-order valence-electron chi connectivity index (χ1n) is 8.20. The average Bonchev–Trinajstić information content (AvgIpc) is 2.50. The van der Waals surface area contributed by atoms with Crippen LogP contribution in [0.1, 0.15) is 44.6 Å². The molecule has 4 nitrogen and oxygen atoms in total. The molecule has 0 heterocycles. The van der Waals surface area contributed by atoms with Crippen LogP contribution in [0.3, 0.4) is 0 Å². The van der Waals surface area contributed by atoms with E-state index in [0.29, 0.717) is 19.3 Å². The smallest absolute Gasteiger partial charge is 0.306 e. The van der Waals surface area contributed by atoms with Crippen molar-refractivity contribution in [3.63, 3.8) is 0 Å². The number of hydrogen-bond donors (Lipinski definition) is 2. The Balaban J connectivity index is 1.72. The Morgan fingerprint density at radius 3 is 2.39 bits per heavy atom. The zero-order valence-electron chi connectivity index (χ0n) is 13.4. The van der Waals surface area contributed by atoms with Gasteiger partial charge >= 0.3 is 5.97 Å². The molecule has 1 aliphatic carbocycles. The second-order valence-electron chi connectivity index (χ2n) is 6.59. The maximum absolute atomic E-state index is 12.1. The molecule has 0 spiro atoms. The Kier molecular flexibility index (Phi) is 6.46. The molecule has 1 aromatic carbocycles. The zero-order valence-corrected chi connectivity index (χ0v) is 14.2. The van der Waals surface area contributed by atoms with Crippen molar-refractivity contribution < 1.29 is 14.7 Å². The lowest BCUT2D eigenvalue weighted by Crippen LogP contribution is -2.39. The van der Waals surface area contributed by atoms with Crippen molar-refractivity contribution in [2.45, 2.75) is 51.5 Å². The highest BCUT2D eigenvalue weighted by Crippen LogP contribution is 2.24. The lowest BCUT2D eigenvalue weighted by molar-refractivity contribution is -0.142. The highest BCUT2D eigenvalue weighted by atomic mass is 35.5. The minimum absolute atomic E-state index is 0.0604. The molecule has 1 saturated carbocycles. The van der Waals surface area contributed by atoms with Crippen LogP contribution in [0, 0.1) is 11.8 Å². The van der Waals surface area contributed by atoms with Crippen LogP contribution in [0.25, 0.3) is 0 Å². The first kappa shape index (κ1) is 17.8. The van der Waals surface area contributed by atoms with Crippen molar-refractivity contribution in [3.8, 4) is 0 Å². The standard InChI is InChI=1S/C18H24ClNO3/c1-12(10-13-2-6-15(19)7-3-13)11-17(21)20-16-8-4-14(5-9-16)18(22)23/h2-3,6-7,12,14,16H,4-5,8-11H2,1H3,(H,20,21)(H,22,23). The monoisotopic (exact) mass is 337 g/mol. The summed E-state index contributed by atoms with van der Waals surface area (Å²) >= 11 is 5.87. The van der Waals surface area contributed by atoms with Gasteiger partial charge in [0.05, 0.1) is 5.92 Å². The maximum atomic E-state index is 12.1. The van der Waals surface area contributed by atoms with Crippen molar-refractivity contribution in [1.82, 2.24) is 5.32 Å². The third-order valence-corrected chi connectivity index (χ3v) is 4.72. The van der Waals surface area contributed by atoms with Crippen molar-refractivity contribution in [2.24, 2.45) is 11.8 Å². The Morgan fingerprint density at radius 1 is 1.22 bits per heavy atom. The van der Waals surface area contributed by atoms with E-state index in [4.69, 9.17) is 16.7 Å². The topological polar surface area (TPSA) is 66.4 Å². The van der Waals surface area contributed by atoms with Crippen molar-refractivity contribution in [1.29, 1.82) is 0 Å². The van der Waals surface area contributed by atoms with E-state index in [9.17, 15) is 9.59 Å². The number of carbonyl (C=O) groups excluding carboxylic acids is 1. The SMILES string of the molecule is CC(CC(=O)NC1CCC(C(=O)O)CC1)Cc1ccc(Cl)cc1. The summed E-state index contributed by atoms with van der Waals surface area (Å²) in [7, 11) is 0. The van der Waals surface area contributed by atoms with Crippen LogP contribution in [0.2, 0.25) is 5.02 Å². The fourth-order valence-electron chi connectivity index (χ4n) is 3.18. The van der Waals surface area contributed by atoms with Crippen molar-refractivity contribution >= 4 is 23.5 Å². The van der Waals surface area contributed by atoms with Gasteiger partial charge in [-0.1, -0.05) is 30.7 Å². The predicted octanol–water partition coefficient (Wildman–Crippen LogP) is 3.67. The van der Waals surface area contributed by atoms with Gasteiger partial charge in [-0.3, -0.25) is 9.59 Å². The Morgan fingerprint density at radius 2 is 1.83 bits per heavy atom. The van der Waals surface area contributed by atoms with E-state index in [2.05, 4.69) is 12.2 Å². The van der Waals surface area contributed by atoms with E-state index in [-0.39, 0.29) is 23.8 Å². The quantitative estimate of drug-likeness (QED) is 0.832. The molecule has 23 heavy (non-hydrogen) atoms. The summed E-state index contributed by atoms with van der Waals surface area (Å²) in [5, 5.41) is 12.8. The third-order valence-electron chi connectivity index (χ3n) is 4.47. The molecule has 5 heteroatoms. The fraction of sp³-hybridized carbons (Fsp3) is 0.556. The molecule has 1 atom stereocenters. The first-order chi connectivity index (χ1) is 10.9. The molecule has 1 aromatic rings. The number of halogens is 1. The number of hydrogen-bond acceptors (Lipinski definition) is 2. The molecule has 0 bridgehead atoms. The molecule has 0 saturated heterocycles. The highest BCUT2D eigenvalue weighted by molar-refractivity contribution is 6.30. The van der Waals surface area contributed by atoms with Crippen LogP contribution in [0.15, 0.2) is 24.3 Å². The number of benzene rings is 1. The van der Waals surface area contributed by atoms with Gasteiger partial charge < -0.3 is 10.4 Å². The van der Waals surface area contributed by atoms with E-state index < -0.39 is 5.97 Å². The van der Waals surface area contributed by atoms with Crippen LogP contribution in [-0.4, -0.2) is 23.0 Å². The minimum atomic E-state index is -0.716. The van der Waals surface area contributed by atoms with Crippen molar-refractivity contribution in [2.75, 3.05) is 0 Å². The van der Waals surface area contributed by atoms with Gasteiger partial charge in [-0.25, -0.2) is 0 Å². The summed E-state index contributed by atoms with van der Waals surface area (Å²) in [5.41, 5.74) is 1.18. The number of carboxylic acid groups (broad SMARTS) is 1. The molecule has 0 aromatic heterocycles. The molecule has 2 N–H and O–H groups in total. The first-order valence-corrected chi connectivity index (χ1v) is 8.58. The maximum Gasteiger partial charge on any atom is 0.306 e. The summed E-state index contributed by atoms with van der Waals surface area (Å²) < 4.78 is 0. The number of rotatable bonds is 6. The van der Waals surface area contributed by atoms with Crippen LogP contribution in [0.4, 0.5) is 0 Å². The Hall–Kier alpha value is -1.55. The van der Waals surface area contributed by atoms with Gasteiger partial charge in [0.25, 0.3) is 0 Å². The van der Waals surface area contributed by atoms with E-state index in [0.717, 1.165) is 24.3 Å². The molecule has 0 aliphatic heterocycles. The Labute approximate surface area is 142 Å². The summed E-state index contributed by atoms with van der Waals surface area (Å²) in [6, 6.07) is 7.84. The lowest BCUT2D eigenvalue weighted by Gasteiger charge is -2.27. The van der Waals surface area contributed by atoms with Crippen LogP contribution in [-0.2, 0) is 16.0 Å². The molecule has 1 unspecified atom stereocenters. The number of amides is 1. The summed E-state index contributed by atoms with van der Waals surface area (Å²) in [5.74, 6) is -0.643. The molecule has 0 radical (unpaired) electrons. The molecular formula is C18H24ClNO3. The summed E-state index contributed by atoms with van der Waals surface area (Å²) in [6.45, 7) is 2.06. The van der Waals surface area contributed by atoms with Crippen LogP contribution >= 0.6 is 11.6 Å². The molecule has 1 aliphatic rings. The molecule has 1 amide bonds. The summed E-state index contributed by atoms with van der Waals surface area (Å²) in [6.07, 6.45) is 4.15. The van der Waals surface area contributed by atoms with Crippen LogP contribution < -0.4 is 5.32 Å². The van der Waals surface area contributed by atoms with E-state index >= 15 is 0 Å². The normalized spacial score (nSPS) is 22.3. The zero-order chi connectivity index (χ0) is 16.8.